The van der Waals surface area contributed by atoms with Crippen LogP contribution in [-0.4, -0.2) is 51.4 Å². The molecule has 4 N–H and O–H groups in total. The van der Waals surface area contributed by atoms with Crippen LogP contribution in [0.5, 0.6) is 0 Å². The van der Waals surface area contributed by atoms with Crippen molar-refractivity contribution in [2.45, 2.75) is 19.6 Å². The molecule has 1 unspecified atom stereocenters. The summed E-state index contributed by atoms with van der Waals surface area (Å²) in [5.41, 5.74) is 4.55. The molecular formula is C25H20FN9O. The molecule has 0 aliphatic rings. The number of rotatable bonds is 6. The van der Waals surface area contributed by atoms with E-state index >= 15 is 4.39 Å². The first-order valence-electron chi connectivity index (χ1n) is 11.3. The van der Waals surface area contributed by atoms with Crippen molar-refractivity contribution in [1.82, 2.24) is 40.1 Å². The van der Waals surface area contributed by atoms with Crippen LogP contribution in [0.2, 0.25) is 0 Å². The van der Waals surface area contributed by atoms with E-state index in [1.54, 1.807) is 24.7 Å². The van der Waals surface area contributed by atoms with Gasteiger partial charge in [0.15, 0.2) is 17.3 Å². The molecule has 0 aliphatic carbocycles. The van der Waals surface area contributed by atoms with Crippen LogP contribution in [0.3, 0.4) is 0 Å². The number of aromatic nitrogens is 8. The first-order chi connectivity index (χ1) is 17.6. The topological polar surface area (TPSA) is 141 Å². The lowest BCUT2D eigenvalue weighted by atomic mass is 10.1. The van der Waals surface area contributed by atoms with Gasteiger partial charge in [-0.1, -0.05) is 13.0 Å². The molecule has 0 aliphatic heterocycles. The number of hydrogen-bond donors (Lipinski definition) is 4. The van der Waals surface area contributed by atoms with E-state index < -0.39 is 12.0 Å². The first-order valence-corrected chi connectivity index (χ1v) is 11.3. The molecule has 36 heavy (non-hydrogen) atoms. The zero-order valence-corrected chi connectivity index (χ0v) is 19.1. The quantitative estimate of drug-likeness (QED) is 0.258. The van der Waals surface area contributed by atoms with E-state index in [0.29, 0.717) is 45.9 Å². The van der Waals surface area contributed by atoms with Crippen LogP contribution in [0.15, 0.2) is 61.3 Å². The highest BCUT2D eigenvalue weighted by atomic mass is 19.1. The second-order valence-electron chi connectivity index (χ2n) is 8.17. The Balaban J connectivity index is 1.47. The third-order valence-corrected chi connectivity index (χ3v) is 5.83. The Kier molecular flexibility index (Phi) is 5.30. The minimum atomic E-state index is -0.736. The summed E-state index contributed by atoms with van der Waals surface area (Å²) in [5.74, 6) is -0.201. The first kappa shape index (κ1) is 21.7. The number of nitrogens with zero attached hydrogens (tertiary/aromatic N) is 6. The lowest BCUT2D eigenvalue weighted by Gasteiger charge is -2.12. The number of halogens is 1. The number of imidazole rings is 1. The zero-order chi connectivity index (χ0) is 24.6. The predicted molar refractivity (Wildman–Crippen MR) is 133 cm³/mol. The van der Waals surface area contributed by atoms with Crippen molar-refractivity contribution in [3.63, 3.8) is 0 Å². The lowest BCUT2D eigenvalue weighted by Crippen LogP contribution is -2.17. The van der Waals surface area contributed by atoms with Crippen LogP contribution in [0, 0.1) is 5.82 Å². The van der Waals surface area contributed by atoms with Gasteiger partial charge in [0.25, 0.3) is 0 Å². The van der Waals surface area contributed by atoms with Gasteiger partial charge in [0.05, 0.1) is 34.7 Å². The number of pyridine rings is 4. The number of aliphatic hydroxyl groups is 1. The van der Waals surface area contributed by atoms with Crippen LogP contribution >= 0.6 is 0 Å². The van der Waals surface area contributed by atoms with Crippen LogP contribution in [0.4, 0.5) is 10.1 Å². The molecule has 0 bridgehead atoms. The van der Waals surface area contributed by atoms with Gasteiger partial charge in [-0.15, -0.1) is 0 Å². The molecule has 0 amide bonds. The molecule has 0 aromatic carbocycles. The maximum Gasteiger partial charge on any atom is 0.161 e. The van der Waals surface area contributed by atoms with Gasteiger partial charge in [-0.05, 0) is 30.7 Å². The number of hydrogen-bond acceptors (Lipinski definition) is 8. The van der Waals surface area contributed by atoms with Crippen LogP contribution < -0.4 is 5.32 Å². The average molecular weight is 481 g/mol. The summed E-state index contributed by atoms with van der Waals surface area (Å²) in [5, 5.41) is 20.2. The molecule has 0 saturated heterocycles. The molecular weight excluding hydrogens is 461 g/mol. The van der Waals surface area contributed by atoms with Crippen molar-refractivity contribution >= 4 is 27.8 Å². The highest BCUT2D eigenvalue weighted by Gasteiger charge is 2.22. The van der Waals surface area contributed by atoms with E-state index in [0.717, 1.165) is 11.3 Å². The van der Waals surface area contributed by atoms with E-state index in [9.17, 15) is 5.11 Å². The number of aliphatic hydroxyl groups excluding tert-OH is 1. The Morgan fingerprint density at radius 2 is 1.97 bits per heavy atom. The Morgan fingerprint density at radius 1 is 1.06 bits per heavy atom. The molecule has 11 heteroatoms. The molecule has 178 valence electrons. The molecule has 1 atom stereocenters. The molecule has 6 aromatic heterocycles. The minimum absolute atomic E-state index is 0.107. The maximum absolute atomic E-state index is 15.9. The van der Waals surface area contributed by atoms with Gasteiger partial charge < -0.3 is 15.4 Å². The van der Waals surface area contributed by atoms with Gasteiger partial charge in [0.2, 0.25) is 0 Å². The summed E-state index contributed by atoms with van der Waals surface area (Å²) >= 11 is 0. The second-order valence-corrected chi connectivity index (χ2v) is 8.17. The van der Waals surface area contributed by atoms with Gasteiger partial charge in [-0.25, -0.2) is 14.4 Å². The number of aromatic amines is 2. The van der Waals surface area contributed by atoms with Crippen LogP contribution in [0.25, 0.3) is 56.1 Å². The summed E-state index contributed by atoms with van der Waals surface area (Å²) in [6, 6.07) is 9.16. The third-order valence-electron chi connectivity index (χ3n) is 5.83. The zero-order valence-electron chi connectivity index (χ0n) is 19.1. The standard InChI is InChI=1S/C25H20FN9O/c1-2-18(36)31-14-9-13(10-27-11-14)21-20(26)19-17(12-30-21)34-35-23(19)25-32-22-15(6-8-29-24(22)33-25)16-5-3-4-7-28-16/h3-12,18,31,36H,2H2,1H3,(H,34,35)(H,29,32,33). The molecule has 0 saturated carbocycles. The highest BCUT2D eigenvalue weighted by molar-refractivity contribution is 5.96. The average Bonchev–Trinajstić information content (AvgIpc) is 3.54. The summed E-state index contributed by atoms with van der Waals surface area (Å²) in [6.45, 7) is 1.84. The maximum atomic E-state index is 15.9. The second kappa shape index (κ2) is 8.78. The Hall–Kier alpha value is -4.77. The van der Waals surface area contributed by atoms with Crippen molar-refractivity contribution in [3.8, 4) is 34.0 Å². The van der Waals surface area contributed by atoms with Crippen molar-refractivity contribution in [1.29, 1.82) is 0 Å². The molecule has 6 heterocycles. The number of anilines is 1. The van der Waals surface area contributed by atoms with E-state index in [4.69, 9.17) is 4.98 Å². The van der Waals surface area contributed by atoms with E-state index in [1.807, 2.05) is 31.2 Å². The summed E-state index contributed by atoms with van der Waals surface area (Å²) in [7, 11) is 0. The van der Waals surface area contributed by atoms with Crippen molar-refractivity contribution in [3.05, 3.63) is 67.1 Å². The van der Waals surface area contributed by atoms with Crippen LogP contribution in [-0.2, 0) is 0 Å². The van der Waals surface area contributed by atoms with Crippen molar-refractivity contribution in [2.24, 2.45) is 0 Å². The largest absolute Gasteiger partial charge is 0.374 e. The normalized spacial score (nSPS) is 12.3. The highest BCUT2D eigenvalue weighted by Crippen LogP contribution is 2.34. The minimum Gasteiger partial charge on any atom is -0.374 e. The van der Waals surface area contributed by atoms with Crippen molar-refractivity contribution < 1.29 is 9.50 Å². The summed E-state index contributed by atoms with van der Waals surface area (Å²) in [4.78, 5) is 25.1. The molecule has 0 fully saturated rings. The summed E-state index contributed by atoms with van der Waals surface area (Å²) < 4.78 is 15.9. The molecule has 0 radical (unpaired) electrons. The van der Waals surface area contributed by atoms with Gasteiger partial charge in [-0.2, -0.15) is 5.10 Å². The van der Waals surface area contributed by atoms with Crippen molar-refractivity contribution in [2.75, 3.05) is 5.32 Å². The number of nitrogens with one attached hydrogen (secondary N) is 3. The summed E-state index contributed by atoms with van der Waals surface area (Å²) in [6.07, 6.45) is 7.75. The third kappa shape index (κ3) is 3.71. The number of H-pyrrole nitrogens is 2. The van der Waals surface area contributed by atoms with Crippen LogP contribution in [0.1, 0.15) is 13.3 Å². The van der Waals surface area contributed by atoms with Gasteiger partial charge in [0, 0.05) is 29.7 Å². The smallest absolute Gasteiger partial charge is 0.161 e. The lowest BCUT2D eigenvalue weighted by molar-refractivity contribution is 0.199. The Labute approximate surface area is 203 Å². The fraction of sp³-hybridized carbons (Fsp3) is 0.120. The molecule has 0 spiro atoms. The van der Waals surface area contributed by atoms with E-state index in [-0.39, 0.29) is 11.1 Å². The van der Waals surface area contributed by atoms with E-state index in [1.165, 1.54) is 12.4 Å². The molecule has 10 nitrogen and oxygen atoms in total. The predicted octanol–water partition coefficient (Wildman–Crippen LogP) is 4.30. The van der Waals surface area contributed by atoms with Gasteiger partial charge in [-0.3, -0.25) is 20.1 Å². The SMILES string of the molecule is CCC(O)Nc1cncc(-c2ncc3[nH]nc(-c4nc5c(-c6ccccn6)ccnc5[nH]4)c3c2F)c1. The fourth-order valence-corrected chi connectivity index (χ4v) is 4.04. The fourth-order valence-electron chi connectivity index (χ4n) is 4.04. The Bertz CT molecular complexity index is 1700. The molecule has 6 rings (SSSR count). The van der Waals surface area contributed by atoms with Gasteiger partial charge >= 0.3 is 0 Å². The Morgan fingerprint density at radius 3 is 2.81 bits per heavy atom. The monoisotopic (exact) mass is 481 g/mol. The van der Waals surface area contributed by atoms with Gasteiger partial charge in [0.1, 0.15) is 23.1 Å². The van der Waals surface area contributed by atoms with E-state index in [2.05, 4.69) is 40.4 Å². The number of fused-ring (bicyclic) bond motifs is 2. The molecule has 6 aromatic rings.